The van der Waals surface area contributed by atoms with Gasteiger partial charge < -0.3 is 5.32 Å². The molecule has 1 aliphatic carbocycles. The highest BCUT2D eigenvalue weighted by Crippen LogP contribution is 2.40. The summed E-state index contributed by atoms with van der Waals surface area (Å²) in [6.07, 6.45) is 2.47. The van der Waals surface area contributed by atoms with Crippen LogP contribution in [0.3, 0.4) is 0 Å². The van der Waals surface area contributed by atoms with E-state index < -0.39 is 21.0 Å². The fourth-order valence-electron chi connectivity index (χ4n) is 2.86. The van der Waals surface area contributed by atoms with Crippen molar-refractivity contribution in [1.82, 2.24) is 15.3 Å². The van der Waals surface area contributed by atoms with Crippen LogP contribution in [-0.4, -0.2) is 23.6 Å². The maximum atomic E-state index is 13.7. The summed E-state index contributed by atoms with van der Waals surface area (Å²) < 4.78 is 38.6. The number of aromatic nitrogens is 2. The number of nitrogens with zero attached hydrogens (tertiary/aromatic N) is 2. The third-order valence-electron chi connectivity index (χ3n) is 4.20. The van der Waals surface area contributed by atoms with Gasteiger partial charge in [-0.15, -0.1) is 0 Å². The second kappa shape index (κ2) is 5.65. The molecule has 1 aromatic carbocycles. The van der Waals surface area contributed by atoms with Gasteiger partial charge in [-0.2, -0.15) is 4.98 Å². The first kappa shape index (κ1) is 15.7. The topological polar surface area (TPSA) is 84.0 Å². The van der Waals surface area contributed by atoms with E-state index in [1.807, 2.05) is 0 Å². The SMILES string of the molecule is O=S(=O)(C1CC1)C1NCc2cc(Nc3nc(Cl)ncc3F)ccc21. The summed E-state index contributed by atoms with van der Waals surface area (Å²) in [5.74, 6) is -0.643. The van der Waals surface area contributed by atoms with Gasteiger partial charge in [-0.05, 0) is 47.7 Å². The number of halogens is 2. The predicted octanol–water partition coefficient (Wildman–Crippen LogP) is 2.69. The minimum atomic E-state index is -3.19. The van der Waals surface area contributed by atoms with Crippen molar-refractivity contribution in [1.29, 1.82) is 0 Å². The average molecular weight is 369 g/mol. The lowest BCUT2D eigenvalue weighted by molar-refractivity contribution is 0.566. The Morgan fingerprint density at radius 2 is 2.12 bits per heavy atom. The zero-order chi connectivity index (χ0) is 16.9. The van der Waals surface area contributed by atoms with Gasteiger partial charge in [0.15, 0.2) is 21.5 Å². The summed E-state index contributed by atoms with van der Waals surface area (Å²) in [6, 6.07) is 5.25. The van der Waals surface area contributed by atoms with Crippen LogP contribution in [0.1, 0.15) is 29.3 Å². The normalized spacial score (nSPS) is 20.0. The number of nitrogens with one attached hydrogen (secondary N) is 2. The standard InChI is InChI=1S/C15H14ClFN4O2S/c16-15-19-7-12(17)13(21-15)20-9-1-4-11-8(5-9)6-18-14(11)24(22,23)10-2-3-10/h1,4-5,7,10,14,18H,2-3,6H2,(H,19,20,21). The number of sulfone groups is 1. The van der Waals surface area contributed by atoms with Gasteiger partial charge in [0.2, 0.25) is 5.28 Å². The van der Waals surface area contributed by atoms with Crippen LogP contribution < -0.4 is 10.6 Å². The summed E-state index contributed by atoms with van der Waals surface area (Å²) in [4.78, 5) is 7.36. The van der Waals surface area contributed by atoms with Crippen molar-refractivity contribution >= 4 is 32.9 Å². The van der Waals surface area contributed by atoms with Crippen LogP contribution in [0.5, 0.6) is 0 Å². The summed E-state index contributed by atoms with van der Waals surface area (Å²) in [7, 11) is -3.19. The monoisotopic (exact) mass is 368 g/mol. The lowest BCUT2D eigenvalue weighted by Gasteiger charge is -2.13. The molecule has 126 valence electrons. The van der Waals surface area contributed by atoms with Crippen LogP contribution >= 0.6 is 11.6 Å². The Morgan fingerprint density at radius 3 is 2.88 bits per heavy atom. The largest absolute Gasteiger partial charge is 0.338 e. The molecule has 6 nitrogen and oxygen atoms in total. The number of hydrogen-bond donors (Lipinski definition) is 2. The Hall–Kier alpha value is -1.77. The molecule has 0 radical (unpaired) electrons. The van der Waals surface area contributed by atoms with Crippen molar-refractivity contribution < 1.29 is 12.8 Å². The van der Waals surface area contributed by atoms with Gasteiger partial charge in [-0.1, -0.05) is 6.07 Å². The summed E-state index contributed by atoms with van der Waals surface area (Å²) >= 11 is 5.68. The number of anilines is 2. The molecular weight excluding hydrogens is 355 g/mol. The highest BCUT2D eigenvalue weighted by molar-refractivity contribution is 7.92. The molecule has 0 saturated heterocycles. The molecule has 0 amide bonds. The van der Waals surface area contributed by atoms with Gasteiger partial charge in [0, 0.05) is 12.2 Å². The van der Waals surface area contributed by atoms with E-state index in [0.29, 0.717) is 12.2 Å². The first-order valence-corrected chi connectivity index (χ1v) is 9.48. The maximum absolute atomic E-state index is 13.7. The summed E-state index contributed by atoms with van der Waals surface area (Å²) in [6.45, 7) is 0.453. The molecule has 4 rings (SSSR count). The summed E-state index contributed by atoms with van der Waals surface area (Å²) in [5.41, 5.74) is 2.23. The first-order valence-electron chi connectivity index (χ1n) is 7.49. The second-order valence-corrected chi connectivity index (χ2v) is 8.58. The van der Waals surface area contributed by atoms with E-state index in [1.165, 1.54) is 0 Å². The zero-order valence-electron chi connectivity index (χ0n) is 12.5. The predicted molar refractivity (Wildman–Crippen MR) is 88.2 cm³/mol. The van der Waals surface area contributed by atoms with Crippen LogP contribution in [0.15, 0.2) is 24.4 Å². The molecule has 24 heavy (non-hydrogen) atoms. The van der Waals surface area contributed by atoms with Crippen LogP contribution in [-0.2, 0) is 16.4 Å². The Bertz CT molecular complexity index is 918. The Morgan fingerprint density at radius 1 is 1.33 bits per heavy atom. The van der Waals surface area contributed by atoms with Crippen molar-refractivity contribution in [2.75, 3.05) is 5.32 Å². The van der Waals surface area contributed by atoms with Gasteiger partial charge in [0.05, 0.1) is 11.4 Å². The fourth-order valence-corrected chi connectivity index (χ4v) is 5.07. The minimum Gasteiger partial charge on any atom is -0.338 e. The third-order valence-corrected chi connectivity index (χ3v) is 6.86. The van der Waals surface area contributed by atoms with Crippen molar-refractivity contribution in [2.45, 2.75) is 30.0 Å². The Kier molecular flexibility index (Phi) is 3.70. The molecule has 1 fully saturated rings. The van der Waals surface area contributed by atoms with E-state index in [-0.39, 0.29) is 16.4 Å². The second-order valence-electron chi connectivity index (χ2n) is 5.92. The molecule has 1 aromatic heterocycles. The molecule has 0 bridgehead atoms. The molecule has 2 aromatic rings. The molecule has 2 N–H and O–H groups in total. The van der Waals surface area contributed by atoms with Gasteiger partial charge in [-0.25, -0.2) is 17.8 Å². The van der Waals surface area contributed by atoms with Gasteiger partial charge in [0.25, 0.3) is 0 Å². The average Bonchev–Trinajstić information content (AvgIpc) is 3.31. The smallest absolute Gasteiger partial charge is 0.224 e. The molecule has 1 unspecified atom stereocenters. The Labute approximate surface area is 143 Å². The number of rotatable bonds is 4. The Balaban J connectivity index is 1.62. The van der Waals surface area contributed by atoms with Crippen molar-refractivity contribution in [3.05, 3.63) is 46.6 Å². The molecule has 0 spiro atoms. The molecular formula is C15H14ClFN4O2S. The van der Waals surface area contributed by atoms with Crippen molar-refractivity contribution in [2.24, 2.45) is 0 Å². The lowest BCUT2D eigenvalue weighted by atomic mass is 10.1. The lowest BCUT2D eigenvalue weighted by Crippen LogP contribution is -2.25. The zero-order valence-corrected chi connectivity index (χ0v) is 14.0. The van der Waals surface area contributed by atoms with E-state index in [9.17, 15) is 12.8 Å². The number of benzene rings is 1. The van der Waals surface area contributed by atoms with E-state index >= 15 is 0 Å². The number of fused-ring (bicyclic) bond motifs is 1. The van der Waals surface area contributed by atoms with Gasteiger partial charge in [0.1, 0.15) is 5.37 Å². The van der Waals surface area contributed by atoms with Crippen LogP contribution in [0.2, 0.25) is 5.28 Å². The fraction of sp³-hybridized carbons (Fsp3) is 0.333. The summed E-state index contributed by atoms with van der Waals surface area (Å²) in [5, 5.41) is 4.96. The highest BCUT2D eigenvalue weighted by Gasteiger charge is 2.44. The minimum absolute atomic E-state index is 0.0249. The van der Waals surface area contributed by atoms with Crippen LogP contribution in [0, 0.1) is 5.82 Å². The maximum Gasteiger partial charge on any atom is 0.224 e. The van der Waals surface area contributed by atoms with Gasteiger partial charge in [-0.3, -0.25) is 5.32 Å². The molecule has 1 aliphatic heterocycles. The molecule has 2 aliphatic rings. The highest BCUT2D eigenvalue weighted by atomic mass is 35.5. The van der Waals surface area contributed by atoms with Crippen molar-refractivity contribution in [3.63, 3.8) is 0 Å². The molecule has 2 heterocycles. The van der Waals surface area contributed by atoms with E-state index in [0.717, 1.165) is 30.2 Å². The van der Waals surface area contributed by atoms with Crippen LogP contribution in [0.4, 0.5) is 15.9 Å². The molecule has 1 saturated carbocycles. The molecule has 1 atom stereocenters. The quantitative estimate of drug-likeness (QED) is 0.807. The van der Waals surface area contributed by atoms with E-state index in [2.05, 4.69) is 20.6 Å². The number of hydrogen-bond acceptors (Lipinski definition) is 6. The van der Waals surface area contributed by atoms with Crippen LogP contribution in [0.25, 0.3) is 0 Å². The van der Waals surface area contributed by atoms with E-state index in [4.69, 9.17) is 11.6 Å². The first-order chi connectivity index (χ1) is 11.4. The van der Waals surface area contributed by atoms with Crippen molar-refractivity contribution in [3.8, 4) is 0 Å². The van der Waals surface area contributed by atoms with E-state index in [1.54, 1.807) is 18.2 Å². The van der Waals surface area contributed by atoms with Gasteiger partial charge >= 0.3 is 0 Å². The third kappa shape index (κ3) is 2.74. The molecule has 9 heteroatoms.